The fourth-order valence-corrected chi connectivity index (χ4v) is 2.90. The van der Waals surface area contributed by atoms with E-state index < -0.39 is 0 Å². The van der Waals surface area contributed by atoms with E-state index in [0.717, 1.165) is 0 Å². The van der Waals surface area contributed by atoms with Gasteiger partial charge in [-0.15, -0.1) is 6.42 Å². The van der Waals surface area contributed by atoms with Crippen LogP contribution in [0.3, 0.4) is 0 Å². The SMILES string of the molecule is C#Cc1cccc(NC(=O)c2ccc(OCC(=O)Nc3ccccc3OC)c(OC)c2)c1. The molecule has 0 aromatic heterocycles. The Morgan fingerprint density at radius 1 is 0.875 bits per heavy atom. The number of benzene rings is 3. The molecule has 2 N–H and O–H groups in total. The van der Waals surface area contributed by atoms with Crippen molar-refractivity contribution in [3.05, 3.63) is 77.9 Å². The molecule has 32 heavy (non-hydrogen) atoms. The lowest BCUT2D eigenvalue weighted by molar-refractivity contribution is -0.118. The zero-order chi connectivity index (χ0) is 22.9. The van der Waals surface area contributed by atoms with Crippen LogP contribution in [0.15, 0.2) is 66.7 Å². The number of terminal acetylenes is 1. The minimum absolute atomic E-state index is 0.251. The van der Waals surface area contributed by atoms with Crippen LogP contribution in [0.2, 0.25) is 0 Å². The predicted octanol–water partition coefficient (Wildman–Crippen LogP) is 3.95. The molecule has 3 rings (SSSR count). The molecule has 7 nitrogen and oxygen atoms in total. The number of hydrogen-bond acceptors (Lipinski definition) is 5. The topological polar surface area (TPSA) is 85.9 Å². The molecule has 0 saturated carbocycles. The molecule has 162 valence electrons. The molecule has 0 aliphatic rings. The van der Waals surface area contributed by atoms with Gasteiger partial charge in [0, 0.05) is 16.8 Å². The second-order valence-electron chi connectivity index (χ2n) is 6.58. The summed E-state index contributed by atoms with van der Waals surface area (Å²) >= 11 is 0. The Morgan fingerprint density at radius 3 is 2.41 bits per heavy atom. The fraction of sp³-hybridized carbons (Fsp3) is 0.120. The Balaban J connectivity index is 1.65. The summed E-state index contributed by atoms with van der Waals surface area (Å²) in [4.78, 5) is 24.9. The van der Waals surface area contributed by atoms with Gasteiger partial charge in [0.2, 0.25) is 0 Å². The highest BCUT2D eigenvalue weighted by Gasteiger charge is 2.14. The maximum atomic E-state index is 12.6. The highest BCUT2D eigenvalue weighted by molar-refractivity contribution is 6.04. The summed E-state index contributed by atoms with van der Waals surface area (Å²) in [7, 11) is 2.98. The molecule has 0 heterocycles. The summed E-state index contributed by atoms with van der Waals surface area (Å²) in [5.74, 6) is 3.01. The third-order valence-corrected chi connectivity index (χ3v) is 4.45. The van der Waals surface area contributed by atoms with Crippen molar-refractivity contribution in [2.75, 3.05) is 31.5 Å². The maximum absolute atomic E-state index is 12.6. The predicted molar refractivity (Wildman–Crippen MR) is 122 cm³/mol. The van der Waals surface area contributed by atoms with Gasteiger partial charge in [-0.05, 0) is 48.5 Å². The molecule has 0 unspecified atom stereocenters. The standard InChI is InChI=1S/C25H22N2O5/c1-4-17-8-7-9-19(14-17)26-25(29)18-12-13-22(23(15-18)31-3)32-16-24(28)27-20-10-5-6-11-21(20)30-2/h1,5-15H,16H2,2-3H3,(H,26,29)(H,27,28). The normalized spacial score (nSPS) is 9.91. The molecule has 0 saturated heterocycles. The minimum Gasteiger partial charge on any atom is -0.495 e. The van der Waals surface area contributed by atoms with Gasteiger partial charge in [0.05, 0.1) is 19.9 Å². The Hall–Kier alpha value is -4.44. The number of carbonyl (C=O) groups is 2. The number of para-hydroxylation sites is 2. The van der Waals surface area contributed by atoms with Crippen molar-refractivity contribution in [2.24, 2.45) is 0 Å². The van der Waals surface area contributed by atoms with Crippen molar-refractivity contribution >= 4 is 23.2 Å². The summed E-state index contributed by atoms with van der Waals surface area (Å²) in [6, 6.07) is 18.7. The van der Waals surface area contributed by atoms with Crippen molar-refractivity contribution < 1.29 is 23.8 Å². The van der Waals surface area contributed by atoms with Crippen LogP contribution in [-0.4, -0.2) is 32.6 Å². The summed E-state index contributed by atoms with van der Waals surface area (Å²) in [5.41, 5.74) is 2.14. The van der Waals surface area contributed by atoms with Gasteiger partial charge in [-0.2, -0.15) is 0 Å². The number of ether oxygens (including phenoxy) is 3. The van der Waals surface area contributed by atoms with Gasteiger partial charge in [-0.25, -0.2) is 0 Å². The molecule has 3 aromatic rings. The first-order chi connectivity index (χ1) is 15.5. The van der Waals surface area contributed by atoms with E-state index in [1.165, 1.54) is 20.3 Å². The molecule has 7 heteroatoms. The van der Waals surface area contributed by atoms with Gasteiger partial charge in [-0.1, -0.05) is 24.1 Å². The highest BCUT2D eigenvalue weighted by Crippen LogP contribution is 2.29. The smallest absolute Gasteiger partial charge is 0.262 e. The van der Waals surface area contributed by atoms with Crippen LogP contribution in [0.1, 0.15) is 15.9 Å². The van der Waals surface area contributed by atoms with Crippen molar-refractivity contribution in [1.29, 1.82) is 0 Å². The van der Waals surface area contributed by atoms with Crippen LogP contribution in [-0.2, 0) is 4.79 Å². The number of amides is 2. The van der Waals surface area contributed by atoms with Crippen molar-refractivity contribution in [3.8, 4) is 29.6 Å². The largest absolute Gasteiger partial charge is 0.495 e. The molecule has 0 bridgehead atoms. The van der Waals surface area contributed by atoms with E-state index in [1.807, 2.05) is 0 Å². The Bertz CT molecular complexity index is 1170. The van der Waals surface area contributed by atoms with Gasteiger partial charge in [0.1, 0.15) is 5.75 Å². The van der Waals surface area contributed by atoms with Crippen molar-refractivity contribution in [3.63, 3.8) is 0 Å². The van der Waals surface area contributed by atoms with E-state index >= 15 is 0 Å². The molecular formula is C25H22N2O5. The molecule has 0 spiro atoms. The van der Waals surface area contributed by atoms with E-state index in [9.17, 15) is 9.59 Å². The van der Waals surface area contributed by atoms with E-state index in [1.54, 1.807) is 60.7 Å². The van der Waals surface area contributed by atoms with Gasteiger partial charge in [0.15, 0.2) is 18.1 Å². The average molecular weight is 430 g/mol. The minimum atomic E-state index is -0.369. The summed E-state index contributed by atoms with van der Waals surface area (Å²) < 4.78 is 16.1. The van der Waals surface area contributed by atoms with E-state index in [0.29, 0.717) is 39.8 Å². The first-order valence-corrected chi connectivity index (χ1v) is 9.65. The molecule has 0 aliphatic heterocycles. The average Bonchev–Trinajstić information content (AvgIpc) is 2.83. The van der Waals surface area contributed by atoms with Crippen LogP contribution in [0.4, 0.5) is 11.4 Å². The van der Waals surface area contributed by atoms with E-state index in [2.05, 4.69) is 16.6 Å². The summed E-state index contributed by atoms with van der Waals surface area (Å²) in [6.07, 6.45) is 5.39. The number of rotatable bonds is 8. The number of methoxy groups -OCH3 is 2. The third-order valence-electron chi connectivity index (χ3n) is 4.45. The first-order valence-electron chi connectivity index (χ1n) is 9.65. The van der Waals surface area contributed by atoms with Crippen molar-refractivity contribution in [1.82, 2.24) is 0 Å². The second-order valence-corrected chi connectivity index (χ2v) is 6.58. The zero-order valence-corrected chi connectivity index (χ0v) is 17.7. The molecule has 3 aromatic carbocycles. The third kappa shape index (κ3) is 5.58. The van der Waals surface area contributed by atoms with Crippen LogP contribution in [0.25, 0.3) is 0 Å². The van der Waals surface area contributed by atoms with Gasteiger partial charge < -0.3 is 24.8 Å². The first kappa shape index (κ1) is 22.2. The lowest BCUT2D eigenvalue weighted by atomic mass is 10.1. The van der Waals surface area contributed by atoms with E-state index in [-0.39, 0.29) is 18.4 Å². The summed E-state index contributed by atoms with van der Waals surface area (Å²) in [5, 5.41) is 5.51. The lowest BCUT2D eigenvalue weighted by Gasteiger charge is -2.13. The zero-order valence-electron chi connectivity index (χ0n) is 17.7. The van der Waals surface area contributed by atoms with E-state index in [4.69, 9.17) is 20.6 Å². The number of hydrogen-bond donors (Lipinski definition) is 2. The lowest BCUT2D eigenvalue weighted by Crippen LogP contribution is -2.20. The van der Waals surface area contributed by atoms with Crippen LogP contribution >= 0.6 is 0 Å². The number of carbonyl (C=O) groups excluding carboxylic acids is 2. The van der Waals surface area contributed by atoms with Gasteiger partial charge in [-0.3, -0.25) is 9.59 Å². The Morgan fingerprint density at radius 2 is 1.66 bits per heavy atom. The Kier molecular flexibility index (Phi) is 7.33. The Labute approximate surface area is 186 Å². The molecule has 2 amide bonds. The van der Waals surface area contributed by atoms with Gasteiger partial charge in [0.25, 0.3) is 11.8 Å². The van der Waals surface area contributed by atoms with Crippen molar-refractivity contribution in [2.45, 2.75) is 0 Å². The quantitative estimate of drug-likeness (QED) is 0.529. The highest BCUT2D eigenvalue weighted by atomic mass is 16.5. The molecule has 0 atom stereocenters. The molecule has 0 radical (unpaired) electrons. The van der Waals surface area contributed by atoms with Crippen LogP contribution in [0.5, 0.6) is 17.2 Å². The second kappa shape index (κ2) is 10.5. The monoisotopic (exact) mass is 430 g/mol. The van der Waals surface area contributed by atoms with Gasteiger partial charge >= 0.3 is 0 Å². The molecule has 0 fully saturated rings. The van der Waals surface area contributed by atoms with Crippen LogP contribution < -0.4 is 24.8 Å². The molecule has 0 aliphatic carbocycles. The number of anilines is 2. The fourth-order valence-electron chi connectivity index (χ4n) is 2.90. The number of nitrogens with one attached hydrogen (secondary N) is 2. The summed E-state index contributed by atoms with van der Waals surface area (Å²) in [6.45, 7) is -0.251. The van der Waals surface area contributed by atoms with Crippen LogP contribution in [0, 0.1) is 12.3 Å². The maximum Gasteiger partial charge on any atom is 0.262 e. The molecular weight excluding hydrogens is 408 g/mol.